The average molecular weight is 609 g/mol. The molecule has 230 valence electrons. The van der Waals surface area contributed by atoms with Crippen LogP contribution in [0.5, 0.6) is 11.5 Å². The van der Waals surface area contributed by atoms with Crippen molar-refractivity contribution in [3.63, 3.8) is 0 Å². The van der Waals surface area contributed by atoms with Crippen molar-refractivity contribution in [3.05, 3.63) is 104 Å². The van der Waals surface area contributed by atoms with Gasteiger partial charge in [-0.15, -0.1) is 11.3 Å². The number of carbonyl (C=O) groups is 1. The number of fused-ring (bicyclic) bond motifs is 1. The van der Waals surface area contributed by atoms with Crippen LogP contribution < -0.4 is 14.8 Å². The van der Waals surface area contributed by atoms with Gasteiger partial charge in [0, 0.05) is 16.8 Å². The standard InChI is InChI=1S/C38H44N2O3S/c1-8-42-33-20-27(14-17-32(33)43-23-31-25(3)18-24(2)19-26(31)4)22-39-37-35(36(41)40-29-12-10-9-11-13-29)30-16-15-28(38(5,6)7)21-34(30)44-37/h9-14,17-20,22,28H,8,15-16,21,23H2,1-7H3,(H,40,41)/t28-/m0/s1. The van der Waals surface area contributed by atoms with Gasteiger partial charge in [0.25, 0.3) is 5.91 Å². The van der Waals surface area contributed by atoms with E-state index in [1.165, 1.54) is 27.1 Å². The summed E-state index contributed by atoms with van der Waals surface area (Å²) < 4.78 is 12.3. The number of hydrogen-bond donors (Lipinski definition) is 1. The Labute approximate surface area is 266 Å². The van der Waals surface area contributed by atoms with E-state index < -0.39 is 0 Å². The number of nitrogens with zero attached hydrogens (tertiary/aromatic N) is 1. The van der Waals surface area contributed by atoms with E-state index in [0.29, 0.717) is 36.2 Å². The number of anilines is 1. The Balaban J connectivity index is 1.43. The molecular weight excluding hydrogens is 564 g/mol. The summed E-state index contributed by atoms with van der Waals surface area (Å²) in [6.45, 7) is 16.3. The highest BCUT2D eigenvalue weighted by atomic mass is 32.1. The maximum absolute atomic E-state index is 13.7. The first-order valence-electron chi connectivity index (χ1n) is 15.5. The summed E-state index contributed by atoms with van der Waals surface area (Å²) in [7, 11) is 0. The molecule has 0 aliphatic heterocycles. The fourth-order valence-corrected chi connectivity index (χ4v) is 7.33. The molecule has 0 saturated carbocycles. The average Bonchev–Trinajstić information content (AvgIpc) is 3.34. The van der Waals surface area contributed by atoms with Crippen molar-refractivity contribution in [2.45, 2.75) is 74.3 Å². The summed E-state index contributed by atoms with van der Waals surface area (Å²) >= 11 is 1.65. The second-order valence-corrected chi connectivity index (χ2v) is 14.0. The summed E-state index contributed by atoms with van der Waals surface area (Å²) in [5.74, 6) is 1.85. The number of aryl methyl sites for hydroxylation is 3. The lowest BCUT2D eigenvalue weighted by Crippen LogP contribution is -2.27. The first-order valence-corrected chi connectivity index (χ1v) is 16.4. The lowest BCUT2D eigenvalue weighted by Gasteiger charge is -2.33. The number of ether oxygens (including phenoxy) is 2. The highest BCUT2D eigenvalue weighted by Crippen LogP contribution is 2.45. The summed E-state index contributed by atoms with van der Waals surface area (Å²) in [6, 6.07) is 19.9. The number of rotatable bonds is 9. The van der Waals surface area contributed by atoms with Crippen LogP contribution in [0.4, 0.5) is 10.7 Å². The van der Waals surface area contributed by atoms with E-state index >= 15 is 0 Å². The number of para-hydroxylation sites is 1. The topological polar surface area (TPSA) is 59.9 Å². The fourth-order valence-electron chi connectivity index (χ4n) is 6.06. The molecule has 4 aromatic rings. The highest BCUT2D eigenvalue weighted by Gasteiger charge is 2.33. The number of thiophene rings is 1. The van der Waals surface area contributed by atoms with Crippen molar-refractivity contribution in [1.82, 2.24) is 0 Å². The Bertz CT molecular complexity index is 1640. The Morgan fingerprint density at radius 1 is 1.00 bits per heavy atom. The van der Waals surface area contributed by atoms with E-state index in [2.05, 4.69) is 59.0 Å². The molecule has 1 atom stereocenters. The lowest BCUT2D eigenvalue weighted by molar-refractivity contribution is 0.102. The molecule has 0 fully saturated rings. The van der Waals surface area contributed by atoms with Crippen molar-refractivity contribution in [3.8, 4) is 11.5 Å². The first kappa shape index (κ1) is 31.5. The molecule has 0 radical (unpaired) electrons. The molecule has 3 aromatic carbocycles. The van der Waals surface area contributed by atoms with Gasteiger partial charge < -0.3 is 14.8 Å². The molecule has 1 aliphatic rings. The van der Waals surface area contributed by atoms with Crippen molar-refractivity contribution >= 4 is 34.1 Å². The molecule has 0 unspecified atom stereocenters. The second-order valence-electron chi connectivity index (χ2n) is 12.9. The van der Waals surface area contributed by atoms with Gasteiger partial charge in [0.2, 0.25) is 0 Å². The van der Waals surface area contributed by atoms with Crippen LogP contribution in [-0.2, 0) is 19.4 Å². The lowest BCUT2D eigenvalue weighted by atomic mass is 9.72. The van der Waals surface area contributed by atoms with Gasteiger partial charge in [0.15, 0.2) is 11.5 Å². The van der Waals surface area contributed by atoms with Crippen molar-refractivity contribution in [1.29, 1.82) is 0 Å². The molecule has 1 heterocycles. The van der Waals surface area contributed by atoms with Gasteiger partial charge in [-0.1, -0.05) is 56.7 Å². The molecule has 1 amide bonds. The Morgan fingerprint density at radius 3 is 2.41 bits per heavy atom. The molecule has 6 heteroatoms. The largest absolute Gasteiger partial charge is 0.490 e. The number of hydrogen-bond acceptors (Lipinski definition) is 5. The van der Waals surface area contributed by atoms with Crippen LogP contribution in [0.25, 0.3) is 0 Å². The Hall–Kier alpha value is -3.90. The predicted molar refractivity (Wildman–Crippen MR) is 184 cm³/mol. The maximum atomic E-state index is 13.7. The normalized spacial score (nSPS) is 14.8. The zero-order chi connectivity index (χ0) is 31.4. The van der Waals surface area contributed by atoms with Gasteiger partial charge in [-0.3, -0.25) is 4.79 Å². The second kappa shape index (κ2) is 13.4. The number of nitrogens with one attached hydrogen (secondary N) is 1. The smallest absolute Gasteiger partial charge is 0.259 e. The minimum atomic E-state index is -0.101. The minimum absolute atomic E-state index is 0.101. The van der Waals surface area contributed by atoms with Gasteiger partial charge in [0.05, 0.1) is 12.2 Å². The van der Waals surface area contributed by atoms with Gasteiger partial charge in [-0.05, 0) is 116 Å². The highest BCUT2D eigenvalue weighted by molar-refractivity contribution is 7.16. The summed E-state index contributed by atoms with van der Waals surface area (Å²) in [5.41, 5.74) is 8.63. The third kappa shape index (κ3) is 7.24. The molecular formula is C38H44N2O3S. The van der Waals surface area contributed by atoms with Crippen LogP contribution in [-0.4, -0.2) is 18.7 Å². The molecule has 1 aliphatic carbocycles. The van der Waals surface area contributed by atoms with E-state index in [-0.39, 0.29) is 11.3 Å². The van der Waals surface area contributed by atoms with Gasteiger partial charge in [-0.2, -0.15) is 0 Å². The molecule has 44 heavy (non-hydrogen) atoms. The van der Waals surface area contributed by atoms with E-state index in [0.717, 1.165) is 41.1 Å². The Morgan fingerprint density at radius 2 is 1.73 bits per heavy atom. The van der Waals surface area contributed by atoms with Gasteiger partial charge in [-0.25, -0.2) is 4.99 Å². The number of amides is 1. The number of aliphatic imine (C=N–C) groups is 1. The monoisotopic (exact) mass is 608 g/mol. The predicted octanol–water partition coefficient (Wildman–Crippen LogP) is 9.80. The van der Waals surface area contributed by atoms with Crippen molar-refractivity contribution < 1.29 is 14.3 Å². The molecule has 5 rings (SSSR count). The SMILES string of the molecule is CCOc1cc(C=Nc2sc3c(c2C(=O)Nc2ccccc2)CC[C@H](C(C)(C)C)C3)ccc1OCc1c(C)cc(C)cc1C. The van der Waals surface area contributed by atoms with Crippen LogP contribution in [0.1, 0.15) is 82.7 Å². The summed E-state index contributed by atoms with van der Waals surface area (Å²) in [4.78, 5) is 19.9. The van der Waals surface area contributed by atoms with Crippen molar-refractivity contribution in [2.75, 3.05) is 11.9 Å². The first-order chi connectivity index (χ1) is 21.0. The van der Waals surface area contributed by atoms with E-state index in [4.69, 9.17) is 14.5 Å². The quantitative estimate of drug-likeness (QED) is 0.192. The molecule has 0 saturated heterocycles. The van der Waals surface area contributed by atoms with Gasteiger partial charge in [0.1, 0.15) is 11.6 Å². The zero-order valence-electron chi connectivity index (χ0n) is 27.0. The number of benzene rings is 3. The van der Waals surface area contributed by atoms with Crippen molar-refractivity contribution in [2.24, 2.45) is 16.3 Å². The van der Waals surface area contributed by atoms with Gasteiger partial charge >= 0.3 is 0 Å². The van der Waals surface area contributed by atoms with E-state index in [9.17, 15) is 4.79 Å². The van der Waals surface area contributed by atoms with E-state index in [1.807, 2.05) is 61.7 Å². The van der Waals surface area contributed by atoms with E-state index in [1.54, 1.807) is 11.3 Å². The maximum Gasteiger partial charge on any atom is 0.259 e. The number of carbonyl (C=O) groups excluding carboxylic acids is 1. The molecule has 1 aromatic heterocycles. The van der Waals surface area contributed by atoms with Crippen LogP contribution in [0.3, 0.4) is 0 Å². The molecule has 5 nitrogen and oxygen atoms in total. The van der Waals surface area contributed by atoms with Crippen LogP contribution in [0, 0.1) is 32.1 Å². The molecule has 1 N–H and O–H groups in total. The summed E-state index contributed by atoms with van der Waals surface area (Å²) in [6.07, 6.45) is 4.77. The Kier molecular flexibility index (Phi) is 9.59. The summed E-state index contributed by atoms with van der Waals surface area (Å²) in [5, 5.41) is 3.85. The third-order valence-electron chi connectivity index (χ3n) is 8.54. The third-order valence-corrected chi connectivity index (χ3v) is 9.70. The van der Waals surface area contributed by atoms with Crippen LogP contribution in [0.2, 0.25) is 0 Å². The van der Waals surface area contributed by atoms with Crippen LogP contribution >= 0.6 is 11.3 Å². The van der Waals surface area contributed by atoms with Crippen LogP contribution in [0.15, 0.2) is 65.7 Å². The molecule has 0 spiro atoms. The fraction of sp³-hybridized carbons (Fsp3) is 0.368. The minimum Gasteiger partial charge on any atom is -0.490 e. The molecule has 0 bridgehead atoms. The zero-order valence-corrected chi connectivity index (χ0v) is 27.9.